The highest BCUT2D eigenvalue weighted by Crippen LogP contribution is 2.37. The molecule has 20 heavy (non-hydrogen) atoms. The van der Waals surface area contributed by atoms with Crippen molar-refractivity contribution < 1.29 is 14.0 Å². The topological polar surface area (TPSA) is 56.5 Å². The molecule has 0 fully saturated rings. The van der Waals surface area contributed by atoms with E-state index in [4.69, 9.17) is 14.0 Å². The van der Waals surface area contributed by atoms with E-state index in [-0.39, 0.29) is 6.04 Å². The summed E-state index contributed by atoms with van der Waals surface area (Å²) in [7, 11) is 3.31. The lowest BCUT2D eigenvalue weighted by Crippen LogP contribution is -2.30. The summed E-state index contributed by atoms with van der Waals surface area (Å²) in [5, 5.41) is 7.60. The molecule has 5 nitrogen and oxygen atoms in total. The summed E-state index contributed by atoms with van der Waals surface area (Å²) in [6, 6.07) is 6.07. The van der Waals surface area contributed by atoms with Gasteiger partial charge in [0.2, 0.25) is 0 Å². The van der Waals surface area contributed by atoms with Crippen LogP contribution < -0.4 is 14.8 Å². The van der Waals surface area contributed by atoms with Gasteiger partial charge in [0.1, 0.15) is 11.5 Å². The summed E-state index contributed by atoms with van der Waals surface area (Å²) >= 11 is 0. The zero-order valence-electron chi connectivity index (χ0n) is 11.9. The maximum absolute atomic E-state index is 5.40. The van der Waals surface area contributed by atoms with E-state index in [0.717, 1.165) is 35.9 Å². The molecule has 1 N–H and O–H groups in total. The summed E-state index contributed by atoms with van der Waals surface area (Å²) in [6.45, 7) is 2.80. The molecule has 1 aliphatic rings. The zero-order chi connectivity index (χ0) is 14.1. The van der Waals surface area contributed by atoms with Crippen LogP contribution in [0.25, 0.3) is 0 Å². The molecule has 1 aromatic carbocycles. The van der Waals surface area contributed by atoms with Gasteiger partial charge in [-0.3, -0.25) is 0 Å². The maximum atomic E-state index is 5.40. The molecule has 0 saturated carbocycles. The van der Waals surface area contributed by atoms with Crippen LogP contribution >= 0.6 is 0 Å². The molecule has 2 heterocycles. The number of methoxy groups -OCH3 is 2. The number of nitrogens with zero attached hydrogens (tertiary/aromatic N) is 1. The molecule has 1 aliphatic heterocycles. The van der Waals surface area contributed by atoms with Crippen molar-refractivity contribution in [2.75, 3.05) is 20.8 Å². The molecule has 0 radical (unpaired) electrons. The number of aryl methyl sites for hydroxylation is 1. The van der Waals surface area contributed by atoms with Crippen LogP contribution in [0.3, 0.4) is 0 Å². The van der Waals surface area contributed by atoms with E-state index in [0.29, 0.717) is 0 Å². The van der Waals surface area contributed by atoms with Crippen LogP contribution in [-0.2, 0) is 6.42 Å². The van der Waals surface area contributed by atoms with Gasteiger partial charge in [-0.05, 0) is 36.6 Å². The quantitative estimate of drug-likeness (QED) is 0.930. The molecule has 1 atom stereocenters. The standard InChI is InChI=1S/C15H18N2O3/c1-9-6-12(17-20-9)15-11-8-14(19-3)13(18-2)7-10(11)4-5-16-15/h6-8,15-16H,4-5H2,1-3H3. The van der Waals surface area contributed by atoms with Crippen molar-refractivity contribution in [2.45, 2.75) is 19.4 Å². The minimum absolute atomic E-state index is 0.0380. The monoisotopic (exact) mass is 274 g/mol. The summed E-state index contributed by atoms with van der Waals surface area (Å²) in [5.74, 6) is 2.32. The molecular formula is C15H18N2O3. The van der Waals surface area contributed by atoms with Gasteiger partial charge in [-0.15, -0.1) is 0 Å². The van der Waals surface area contributed by atoms with Crippen LogP contribution in [0, 0.1) is 6.92 Å². The van der Waals surface area contributed by atoms with E-state index in [1.807, 2.05) is 19.1 Å². The molecule has 3 rings (SSSR count). The first-order chi connectivity index (χ1) is 9.72. The highest BCUT2D eigenvalue weighted by atomic mass is 16.5. The number of hydrogen-bond donors (Lipinski definition) is 1. The fraction of sp³-hybridized carbons (Fsp3) is 0.400. The molecule has 5 heteroatoms. The van der Waals surface area contributed by atoms with Gasteiger partial charge in [0.25, 0.3) is 0 Å². The van der Waals surface area contributed by atoms with E-state index in [9.17, 15) is 0 Å². The van der Waals surface area contributed by atoms with Gasteiger partial charge in [0.15, 0.2) is 11.5 Å². The van der Waals surface area contributed by atoms with Crippen LogP contribution in [0.15, 0.2) is 22.7 Å². The van der Waals surface area contributed by atoms with Crippen molar-refractivity contribution in [3.05, 3.63) is 40.8 Å². The predicted molar refractivity (Wildman–Crippen MR) is 74.3 cm³/mol. The third kappa shape index (κ3) is 2.14. The lowest BCUT2D eigenvalue weighted by atomic mass is 9.92. The highest BCUT2D eigenvalue weighted by Gasteiger charge is 2.26. The first kappa shape index (κ1) is 13.0. The normalized spacial score (nSPS) is 17.6. The molecule has 106 valence electrons. The first-order valence-corrected chi connectivity index (χ1v) is 6.64. The summed E-state index contributed by atoms with van der Waals surface area (Å²) in [4.78, 5) is 0. The molecule has 0 bridgehead atoms. The molecule has 0 amide bonds. The highest BCUT2D eigenvalue weighted by molar-refractivity contribution is 5.51. The number of fused-ring (bicyclic) bond motifs is 1. The number of nitrogens with one attached hydrogen (secondary N) is 1. The first-order valence-electron chi connectivity index (χ1n) is 6.64. The van der Waals surface area contributed by atoms with E-state index in [1.165, 1.54) is 11.1 Å². The molecule has 1 unspecified atom stereocenters. The second kappa shape index (κ2) is 5.17. The van der Waals surface area contributed by atoms with E-state index in [2.05, 4.69) is 16.5 Å². The number of benzene rings is 1. The average Bonchev–Trinajstić information content (AvgIpc) is 2.91. The lowest BCUT2D eigenvalue weighted by Gasteiger charge is -2.26. The van der Waals surface area contributed by atoms with Crippen molar-refractivity contribution in [1.29, 1.82) is 0 Å². The Hall–Kier alpha value is -2.01. The van der Waals surface area contributed by atoms with Crippen molar-refractivity contribution in [3.63, 3.8) is 0 Å². The fourth-order valence-corrected chi connectivity index (χ4v) is 2.67. The molecule has 0 aliphatic carbocycles. The van der Waals surface area contributed by atoms with Gasteiger partial charge in [-0.25, -0.2) is 0 Å². The molecule has 0 spiro atoms. The average molecular weight is 274 g/mol. The van der Waals surface area contributed by atoms with Crippen molar-refractivity contribution in [3.8, 4) is 11.5 Å². The van der Waals surface area contributed by atoms with Gasteiger partial charge in [-0.1, -0.05) is 5.16 Å². The Morgan fingerprint density at radius 3 is 2.60 bits per heavy atom. The Labute approximate surface area is 117 Å². The van der Waals surface area contributed by atoms with Crippen LogP contribution in [0.5, 0.6) is 11.5 Å². The zero-order valence-corrected chi connectivity index (χ0v) is 11.9. The fourth-order valence-electron chi connectivity index (χ4n) is 2.67. The number of aromatic nitrogens is 1. The Balaban J connectivity index is 2.07. The van der Waals surface area contributed by atoms with Crippen molar-refractivity contribution in [1.82, 2.24) is 10.5 Å². The molecule has 0 saturated heterocycles. The van der Waals surface area contributed by atoms with E-state index < -0.39 is 0 Å². The van der Waals surface area contributed by atoms with Gasteiger partial charge in [-0.2, -0.15) is 0 Å². The Kier molecular flexibility index (Phi) is 3.36. The van der Waals surface area contributed by atoms with Gasteiger partial charge < -0.3 is 19.3 Å². The molecule has 2 aromatic rings. The second-order valence-electron chi connectivity index (χ2n) is 4.91. The van der Waals surface area contributed by atoms with Crippen LogP contribution in [0.1, 0.15) is 28.6 Å². The van der Waals surface area contributed by atoms with Crippen molar-refractivity contribution >= 4 is 0 Å². The van der Waals surface area contributed by atoms with Gasteiger partial charge in [0, 0.05) is 12.6 Å². The Bertz CT molecular complexity index is 622. The summed E-state index contributed by atoms with van der Waals surface area (Å²) < 4.78 is 16.0. The number of ether oxygens (including phenoxy) is 2. The summed E-state index contributed by atoms with van der Waals surface area (Å²) in [5.41, 5.74) is 3.32. The van der Waals surface area contributed by atoms with Crippen LogP contribution in [0.4, 0.5) is 0 Å². The number of rotatable bonds is 3. The summed E-state index contributed by atoms with van der Waals surface area (Å²) in [6.07, 6.45) is 0.961. The van der Waals surface area contributed by atoms with Crippen LogP contribution in [0.2, 0.25) is 0 Å². The van der Waals surface area contributed by atoms with Crippen molar-refractivity contribution in [2.24, 2.45) is 0 Å². The SMILES string of the molecule is COc1cc2c(cc1OC)C(c1cc(C)on1)NCC2. The Morgan fingerprint density at radius 2 is 1.95 bits per heavy atom. The van der Waals surface area contributed by atoms with E-state index >= 15 is 0 Å². The third-order valence-corrected chi connectivity index (χ3v) is 3.64. The van der Waals surface area contributed by atoms with Gasteiger partial charge in [0.05, 0.1) is 20.3 Å². The second-order valence-corrected chi connectivity index (χ2v) is 4.91. The lowest BCUT2D eigenvalue weighted by molar-refractivity contribution is 0.352. The third-order valence-electron chi connectivity index (χ3n) is 3.64. The Morgan fingerprint density at radius 1 is 1.20 bits per heavy atom. The maximum Gasteiger partial charge on any atom is 0.161 e. The smallest absolute Gasteiger partial charge is 0.161 e. The minimum atomic E-state index is 0.0380. The predicted octanol–water partition coefficient (Wildman–Crippen LogP) is 2.24. The van der Waals surface area contributed by atoms with E-state index in [1.54, 1.807) is 14.2 Å². The largest absolute Gasteiger partial charge is 0.493 e. The molecular weight excluding hydrogens is 256 g/mol. The molecule has 1 aromatic heterocycles. The van der Waals surface area contributed by atoms with Crippen LogP contribution in [-0.4, -0.2) is 25.9 Å². The number of hydrogen-bond acceptors (Lipinski definition) is 5. The van der Waals surface area contributed by atoms with Gasteiger partial charge >= 0.3 is 0 Å². The minimum Gasteiger partial charge on any atom is -0.493 e.